The number of carbonyl (C=O) groups excluding carboxylic acids is 1. The molecule has 0 aliphatic carbocycles. The van der Waals surface area contributed by atoms with Gasteiger partial charge in [-0.05, 0) is 19.1 Å². The molecular formula is C15H13F3N4O4. The normalized spacial score (nSPS) is 11.0. The van der Waals surface area contributed by atoms with Gasteiger partial charge >= 0.3 is 18.2 Å². The lowest BCUT2D eigenvalue weighted by Crippen LogP contribution is -2.22. The Hall–Kier alpha value is -3.37. The predicted octanol–water partition coefficient (Wildman–Crippen LogP) is 3.15. The molecule has 2 amide bonds. The number of hydrogen-bond donors (Lipinski definition) is 3. The first-order valence-corrected chi connectivity index (χ1v) is 7.01. The van der Waals surface area contributed by atoms with E-state index in [2.05, 4.69) is 20.6 Å². The number of rotatable bonds is 4. The fourth-order valence-corrected chi connectivity index (χ4v) is 1.98. The number of aryl methyl sites for hydroxylation is 1. The number of carboxylic acids is 1. The van der Waals surface area contributed by atoms with E-state index in [0.29, 0.717) is 17.8 Å². The number of methoxy groups -OCH3 is 1. The largest absolute Gasteiger partial charge is 0.495 e. The number of aromatic nitrogens is 2. The molecule has 138 valence electrons. The van der Waals surface area contributed by atoms with Crippen LogP contribution in [0, 0.1) is 6.92 Å². The van der Waals surface area contributed by atoms with Crippen LogP contribution in [0.1, 0.15) is 21.6 Å². The number of hydrogen-bond acceptors (Lipinski definition) is 5. The molecule has 0 fully saturated rings. The Morgan fingerprint density at radius 2 is 1.85 bits per heavy atom. The highest BCUT2D eigenvalue weighted by Crippen LogP contribution is 2.38. The van der Waals surface area contributed by atoms with Gasteiger partial charge in [0.2, 0.25) is 0 Å². The fourth-order valence-electron chi connectivity index (χ4n) is 1.98. The molecule has 2 aromatic rings. The van der Waals surface area contributed by atoms with Crippen molar-refractivity contribution in [3.05, 3.63) is 41.3 Å². The van der Waals surface area contributed by atoms with E-state index in [1.165, 1.54) is 12.4 Å². The quantitative estimate of drug-likeness (QED) is 0.762. The Bertz CT molecular complexity index is 838. The topological polar surface area (TPSA) is 113 Å². The first-order chi connectivity index (χ1) is 12.1. The van der Waals surface area contributed by atoms with Crippen LogP contribution in [0.15, 0.2) is 24.5 Å². The van der Waals surface area contributed by atoms with E-state index in [1.54, 1.807) is 6.92 Å². The lowest BCUT2D eigenvalue weighted by molar-refractivity contribution is -0.138. The molecule has 0 unspecified atom stereocenters. The molecule has 3 N–H and O–H groups in total. The number of anilines is 2. The molecule has 0 aliphatic rings. The highest BCUT2D eigenvalue weighted by atomic mass is 19.4. The molecule has 0 spiro atoms. The number of nitrogens with one attached hydrogen (secondary N) is 2. The van der Waals surface area contributed by atoms with Crippen LogP contribution in [-0.2, 0) is 6.18 Å². The van der Waals surface area contributed by atoms with E-state index >= 15 is 0 Å². The van der Waals surface area contributed by atoms with Gasteiger partial charge in [0.15, 0.2) is 5.82 Å². The van der Waals surface area contributed by atoms with Crippen molar-refractivity contribution in [3.63, 3.8) is 0 Å². The highest BCUT2D eigenvalue weighted by Gasteiger charge is 2.36. The smallest absolute Gasteiger partial charge is 0.417 e. The zero-order valence-electron chi connectivity index (χ0n) is 13.5. The van der Waals surface area contributed by atoms with Gasteiger partial charge in [-0.1, -0.05) is 0 Å². The predicted molar refractivity (Wildman–Crippen MR) is 84.4 cm³/mol. The van der Waals surface area contributed by atoms with Crippen LogP contribution in [0.4, 0.5) is 29.5 Å². The lowest BCUT2D eigenvalue weighted by atomic mass is 10.1. The number of nitrogens with zero attached hydrogens (tertiary/aromatic N) is 2. The molecule has 26 heavy (non-hydrogen) atoms. The van der Waals surface area contributed by atoms with Crippen molar-refractivity contribution in [2.45, 2.75) is 13.1 Å². The third-order valence-corrected chi connectivity index (χ3v) is 3.15. The molecule has 0 atom stereocenters. The summed E-state index contributed by atoms with van der Waals surface area (Å²) in [6, 6.07) is 0.271. The Morgan fingerprint density at radius 3 is 2.35 bits per heavy atom. The average molecular weight is 370 g/mol. The second-order valence-corrected chi connectivity index (χ2v) is 5.02. The Labute approximate surface area is 145 Å². The van der Waals surface area contributed by atoms with Gasteiger partial charge < -0.3 is 15.2 Å². The van der Waals surface area contributed by atoms with Gasteiger partial charge in [0.25, 0.3) is 0 Å². The van der Waals surface area contributed by atoms with Crippen LogP contribution in [0.3, 0.4) is 0 Å². The van der Waals surface area contributed by atoms with Crippen molar-refractivity contribution >= 4 is 23.5 Å². The third-order valence-electron chi connectivity index (χ3n) is 3.15. The Balaban J connectivity index is 2.34. The number of benzene rings is 1. The molecule has 11 heteroatoms. The highest BCUT2D eigenvalue weighted by molar-refractivity contribution is 6.01. The van der Waals surface area contributed by atoms with E-state index in [4.69, 9.17) is 9.84 Å². The number of ether oxygens (including phenoxy) is 1. The van der Waals surface area contributed by atoms with Gasteiger partial charge in [-0.15, -0.1) is 0 Å². The summed E-state index contributed by atoms with van der Waals surface area (Å²) in [6.07, 6.45) is -2.28. The van der Waals surface area contributed by atoms with Gasteiger partial charge in [0, 0.05) is 0 Å². The molecule has 0 radical (unpaired) electrons. The minimum Gasteiger partial charge on any atom is -0.495 e. The minimum atomic E-state index is -4.94. The maximum absolute atomic E-state index is 13.1. The second-order valence-electron chi connectivity index (χ2n) is 5.02. The minimum absolute atomic E-state index is 0.0743. The molecule has 1 heterocycles. The molecule has 1 aromatic heterocycles. The number of amides is 2. The van der Waals surface area contributed by atoms with Crippen LogP contribution in [0.5, 0.6) is 5.75 Å². The van der Waals surface area contributed by atoms with Crippen LogP contribution >= 0.6 is 0 Å². The number of carbonyl (C=O) groups is 2. The molecule has 2 rings (SSSR count). The lowest BCUT2D eigenvalue weighted by Gasteiger charge is -2.16. The van der Waals surface area contributed by atoms with Gasteiger partial charge in [0.1, 0.15) is 5.75 Å². The number of aromatic carboxylic acids is 1. The van der Waals surface area contributed by atoms with E-state index in [-0.39, 0.29) is 17.3 Å². The van der Waals surface area contributed by atoms with E-state index in [9.17, 15) is 22.8 Å². The van der Waals surface area contributed by atoms with Gasteiger partial charge in [-0.25, -0.2) is 14.6 Å². The van der Waals surface area contributed by atoms with Crippen molar-refractivity contribution in [3.8, 4) is 5.75 Å². The second kappa shape index (κ2) is 7.25. The monoisotopic (exact) mass is 370 g/mol. The molecule has 0 saturated carbocycles. The van der Waals surface area contributed by atoms with Crippen LogP contribution in [-0.4, -0.2) is 34.2 Å². The zero-order valence-corrected chi connectivity index (χ0v) is 13.5. The van der Waals surface area contributed by atoms with Gasteiger partial charge in [0.05, 0.1) is 42.0 Å². The number of urea groups is 1. The first-order valence-electron chi connectivity index (χ1n) is 7.01. The molecule has 0 saturated heterocycles. The van der Waals surface area contributed by atoms with Crippen molar-refractivity contribution in [2.24, 2.45) is 0 Å². The summed E-state index contributed by atoms with van der Waals surface area (Å²) in [5.74, 6) is -1.95. The average Bonchev–Trinajstić information content (AvgIpc) is 2.55. The van der Waals surface area contributed by atoms with Crippen LogP contribution in [0.2, 0.25) is 0 Å². The van der Waals surface area contributed by atoms with Crippen molar-refractivity contribution < 1.29 is 32.6 Å². The summed E-state index contributed by atoms with van der Waals surface area (Å²) in [6.45, 7) is 1.68. The zero-order chi connectivity index (χ0) is 19.5. The van der Waals surface area contributed by atoms with E-state index < -0.39 is 29.3 Å². The summed E-state index contributed by atoms with van der Waals surface area (Å²) in [5, 5.41) is 13.4. The molecule has 0 bridgehead atoms. The summed E-state index contributed by atoms with van der Waals surface area (Å²) < 4.78 is 44.2. The maximum Gasteiger partial charge on any atom is 0.417 e. The summed E-state index contributed by atoms with van der Waals surface area (Å²) >= 11 is 0. The summed E-state index contributed by atoms with van der Waals surface area (Å²) in [5.41, 5.74) is -2.17. The number of alkyl halides is 3. The molecule has 8 nitrogen and oxygen atoms in total. The SMILES string of the molecule is COc1cc(C(=O)O)c(C(F)(F)F)cc1NC(=O)Nc1cnc(C)cn1. The first kappa shape index (κ1) is 19.0. The van der Waals surface area contributed by atoms with E-state index in [0.717, 1.165) is 7.11 Å². The van der Waals surface area contributed by atoms with Crippen LogP contribution in [0.25, 0.3) is 0 Å². The standard InChI is InChI=1S/C15H13F3N4O4/c1-7-5-20-12(6-19-7)22-14(25)21-10-4-9(15(16,17)18)8(13(23)24)3-11(10)26-2/h3-6H,1-2H3,(H,23,24)(H2,20,21,22,25). The molecule has 0 aliphatic heterocycles. The molecule has 1 aromatic carbocycles. The number of carboxylic acid groups (broad SMARTS) is 1. The number of halogens is 3. The van der Waals surface area contributed by atoms with Crippen molar-refractivity contribution in [1.29, 1.82) is 0 Å². The Morgan fingerprint density at radius 1 is 1.15 bits per heavy atom. The van der Waals surface area contributed by atoms with Gasteiger partial charge in [-0.3, -0.25) is 10.3 Å². The summed E-state index contributed by atoms with van der Waals surface area (Å²) in [4.78, 5) is 30.8. The molecular weight excluding hydrogens is 357 g/mol. The Kier molecular flexibility index (Phi) is 5.29. The van der Waals surface area contributed by atoms with Gasteiger partial charge in [-0.2, -0.15) is 13.2 Å². The maximum atomic E-state index is 13.1. The fraction of sp³-hybridized carbons (Fsp3) is 0.200. The summed E-state index contributed by atoms with van der Waals surface area (Å²) in [7, 11) is 1.13. The van der Waals surface area contributed by atoms with Crippen molar-refractivity contribution in [1.82, 2.24) is 9.97 Å². The van der Waals surface area contributed by atoms with Crippen LogP contribution < -0.4 is 15.4 Å². The van der Waals surface area contributed by atoms with E-state index in [1.807, 2.05) is 0 Å². The van der Waals surface area contributed by atoms with Crippen molar-refractivity contribution in [2.75, 3.05) is 17.7 Å². The third kappa shape index (κ3) is 4.37.